The van der Waals surface area contributed by atoms with E-state index in [1.807, 2.05) is 36.4 Å². The van der Waals surface area contributed by atoms with Crippen molar-refractivity contribution in [3.8, 4) is 11.5 Å². The highest BCUT2D eigenvalue weighted by Gasteiger charge is 2.31. The van der Waals surface area contributed by atoms with Crippen LogP contribution in [0.4, 0.5) is 0 Å². The highest BCUT2D eigenvalue weighted by atomic mass is 16.5. The topological polar surface area (TPSA) is 21.7 Å². The molecular weight excluding hydrogens is 346 g/mol. The van der Waals surface area contributed by atoms with Crippen LogP contribution in [0.5, 0.6) is 11.5 Å². The molecule has 0 spiro atoms. The fourth-order valence-corrected chi connectivity index (χ4v) is 4.82. The number of para-hydroxylation sites is 2. The molecule has 0 aromatic heterocycles. The van der Waals surface area contributed by atoms with Crippen LogP contribution in [-0.2, 0) is 0 Å². The second-order valence-corrected chi connectivity index (χ2v) is 8.39. The van der Waals surface area contributed by atoms with Crippen molar-refractivity contribution in [1.29, 1.82) is 0 Å². The van der Waals surface area contributed by atoms with Crippen molar-refractivity contribution in [2.45, 2.75) is 75.7 Å². The number of benzene rings is 2. The molecular formula is C25H33NO2. The Morgan fingerprint density at radius 2 is 0.929 bits per heavy atom. The number of rotatable bonds is 6. The molecule has 0 saturated heterocycles. The lowest BCUT2D eigenvalue weighted by molar-refractivity contribution is 0.0473. The summed E-state index contributed by atoms with van der Waals surface area (Å²) < 4.78 is 12.3. The van der Waals surface area contributed by atoms with Crippen molar-refractivity contribution in [3.05, 3.63) is 60.7 Å². The maximum Gasteiger partial charge on any atom is 0.119 e. The Hall–Kier alpha value is -2.00. The van der Waals surface area contributed by atoms with Crippen LogP contribution in [0.15, 0.2) is 60.7 Å². The molecule has 2 aliphatic rings. The van der Waals surface area contributed by atoms with E-state index in [2.05, 4.69) is 36.2 Å². The zero-order valence-corrected chi connectivity index (χ0v) is 17.0. The molecule has 0 heterocycles. The summed E-state index contributed by atoms with van der Waals surface area (Å²) in [4.78, 5) is 2.66. The largest absolute Gasteiger partial charge is 0.490 e. The summed E-state index contributed by atoms with van der Waals surface area (Å²) in [6.45, 7) is 0. The van der Waals surface area contributed by atoms with E-state index in [4.69, 9.17) is 9.47 Å². The summed E-state index contributed by atoms with van der Waals surface area (Å²) in [6, 6.07) is 21.9. The zero-order valence-electron chi connectivity index (χ0n) is 17.0. The molecule has 3 nitrogen and oxygen atoms in total. The molecule has 0 amide bonds. The van der Waals surface area contributed by atoms with Gasteiger partial charge in [0.25, 0.3) is 0 Å². The average molecular weight is 380 g/mol. The summed E-state index contributed by atoms with van der Waals surface area (Å²) in [7, 11) is 2.34. The first-order valence-corrected chi connectivity index (χ1v) is 10.9. The minimum absolute atomic E-state index is 0.377. The van der Waals surface area contributed by atoms with Crippen molar-refractivity contribution >= 4 is 0 Å². The second kappa shape index (κ2) is 9.47. The monoisotopic (exact) mass is 379 g/mol. The fourth-order valence-electron chi connectivity index (χ4n) is 4.82. The number of hydrogen-bond donors (Lipinski definition) is 0. The first-order valence-electron chi connectivity index (χ1n) is 10.9. The van der Waals surface area contributed by atoms with Gasteiger partial charge in [0, 0.05) is 12.1 Å². The van der Waals surface area contributed by atoms with E-state index in [-0.39, 0.29) is 0 Å². The zero-order chi connectivity index (χ0) is 19.2. The maximum atomic E-state index is 6.16. The van der Waals surface area contributed by atoms with Crippen LogP contribution in [0.1, 0.15) is 51.4 Å². The standard InChI is InChI=1S/C25H33NO2/c1-26(20-12-16-24(17-13-20)27-22-8-4-2-5-9-22)21-14-18-25(19-15-21)28-23-10-6-3-7-11-23/h2-11,20-21,24-25H,12-19H2,1H3. The third kappa shape index (κ3) is 5.08. The van der Waals surface area contributed by atoms with E-state index < -0.39 is 0 Å². The lowest BCUT2D eigenvalue weighted by Crippen LogP contribution is -2.45. The third-order valence-electron chi connectivity index (χ3n) is 6.53. The molecule has 150 valence electrons. The van der Waals surface area contributed by atoms with Gasteiger partial charge in [0.05, 0.1) is 12.2 Å². The van der Waals surface area contributed by atoms with Crippen LogP contribution in [0.3, 0.4) is 0 Å². The molecule has 0 radical (unpaired) electrons. The summed E-state index contributed by atoms with van der Waals surface area (Å²) in [5.41, 5.74) is 0. The highest BCUT2D eigenvalue weighted by molar-refractivity contribution is 5.22. The molecule has 28 heavy (non-hydrogen) atoms. The van der Waals surface area contributed by atoms with Gasteiger partial charge in [-0.1, -0.05) is 36.4 Å². The van der Waals surface area contributed by atoms with Gasteiger partial charge in [-0.2, -0.15) is 0 Å². The molecule has 2 aromatic carbocycles. The van der Waals surface area contributed by atoms with Crippen molar-refractivity contribution in [1.82, 2.24) is 4.90 Å². The smallest absolute Gasteiger partial charge is 0.119 e. The lowest BCUT2D eigenvalue weighted by Gasteiger charge is -2.41. The van der Waals surface area contributed by atoms with Gasteiger partial charge in [0.2, 0.25) is 0 Å². The Bertz CT molecular complexity index is 628. The Kier molecular flexibility index (Phi) is 6.53. The van der Waals surface area contributed by atoms with E-state index in [0.29, 0.717) is 24.3 Å². The quantitative estimate of drug-likeness (QED) is 0.643. The summed E-state index contributed by atoms with van der Waals surface area (Å²) >= 11 is 0. The van der Waals surface area contributed by atoms with E-state index >= 15 is 0 Å². The van der Waals surface area contributed by atoms with E-state index in [9.17, 15) is 0 Å². The molecule has 3 heteroatoms. The predicted octanol–water partition coefficient (Wildman–Crippen LogP) is 5.70. The molecule has 0 unspecified atom stereocenters. The van der Waals surface area contributed by atoms with Gasteiger partial charge < -0.3 is 14.4 Å². The Morgan fingerprint density at radius 1 is 0.571 bits per heavy atom. The summed E-state index contributed by atoms with van der Waals surface area (Å²) in [5.74, 6) is 2.02. The summed E-state index contributed by atoms with van der Waals surface area (Å²) in [6.07, 6.45) is 10.4. The normalized spacial score (nSPS) is 28.1. The fraction of sp³-hybridized carbons (Fsp3) is 0.520. The van der Waals surface area contributed by atoms with Crippen LogP contribution in [0, 0.1) is 0 Å². The minimum Gasteiger partial charge on any atom is -0.490 e. The molecule has 2 fully saturated rings. The molecule has 0 atom stereocenters. The van der Waals surface area contributed by atoms with Crippen LogP contribution in [0.2, 0.25) is 0 Å². The molecule has 0 N–H and O–H groups in total. The van der Waals surface area contributed by atoms with Crippen molar-refractivity contribution in [3.63, 3.8) is 0 Å². The van der Waals surface area contributed by atoms with Crippen LogP contribution >= 0.6 is 0 Å². The Labute approximate surface area is 169 Å². The van der Waals surface area contributed by atoms with Crippen LogP contribution in [-0.4, -0.2) is 36.2 Å². The molecule has 2 saturated carbocycles. The highest BCUT2D eigenvalue weighted by Crippen LogP contribution is 2.32. The van der Waals surface area contributed by atoms with Crippen LogP contribution in [0.25, 0.3) is 0 Å². The third-order valence-corrected chi connectivity index (χ3v) is 6.53. The molecule has 2 aliphatic carbocycles. The second-order valence-electron chi connectivity index (χ2n) is 8.39. The molecule has 0 bridgehead atoms. The average Bonchev–Trinajstić information content (AvgIpc) is 2.76. The van der Waals surface area contributed by atoms with Gasteiger partial charge in [-0.3, -0.25) is 0 Å². The van der Waals surface area contributed by atoms with Gasteiger partial charge in [0.1, 0.15) is 11.5 Å². The number of ether oxygens (including phenoxy) is 2. The van der Waals surface area contributed by atoms with Crippen molar-refractivity contribution < 1.29 is 9.47 Å². The van der Waals surface area contributed by atoms with Gasteiger partial charge in [-0.25, -0.2) is 0 Å². The minimum atomic E-state index is 0.377. The first-order chi connectivity index (χ1) is 13.8. The Balaban J connectivity index is 1.20. The van der Waals surface area contributed by atoms with Gasteiger partial charge in [-0.05, 0) is 82.7 Å². The molecule has 2 aromatic rings. The number of nitrogens with zero attached hydrogens (tertiary/aromatic N) is 1. The van der Waals surface area contributed by atoms with Crippen molar-refractivity contribution in [2.24, 2.45) is 0 Å². The van der Waals surface area contributed by atoms with Gasteiger partial charge in [-0.15, -0.1) is 0 Å². The Morgan fingerprint density at radius 3 is 1.29 bits per heavy atom. The van der Waals surface area contributed by atoms with E-state index in [1.54, 1.807) is 0 Å². The molecule has 0 aliphatic heterocycles. The van der Waals surface area contributed by atoms with E-state index in [1.165, 1.54) is 25.7 Å². The SMILES string of the molecule is CN(C1CCC(Oc2ccccc2)CC1)C1CCC(Oc2ccccc2)CC1. The summed E-state index contributed by atoms with van der Waals surface area (Å²) in [5, 5.41) is 0. The van der Waals surface area contributed by atoms with Crippen molar-refractivity contribution in [2.75, 3.05) is 7.05 Å². The number of hydrogen-bond acceptors (Lipinski definition) is 3. The van der Waals surface area contributed by atoms with E-state index in [0.717, 1.165) is 37.2 Å². The van der Waals surface area contributed by atoms with Gasteiger partial charge >= 0.3 is 0 Å². The lowest BCUT2D eigenvalue weighted by atomic mass is 9.87. The maximum absolute atomic E-state index is 6.16. The molecule has 4 rings (SSSR count). The van der Waals surface area contributed by atoms with Gasteiger partial charge in [0.15, 0.2) is 0 Å². The predicted molar refractivity (Wildman–Crippen MR) is 114 cm³/mol. The first kappa shape index (κ1) is 19.3. The van der Waals surface area contributed by atoms with Crippen LogP contribution < -0.4 is 9.47 Å².